The number of methoxy groups -OCH3 is 1. The zero-order chi connectivity index (χ0) is 18.6. The molecule has 25 heavy (non-hydrogen) atoms. The molecule has 2 rings (SSSR count). The van der Waals surface area contributed by atoms with Gasteiger partial charge in [-0.25, -0.2) is 4.98 Å². The molecule has 1 heterocycles. The van der Waals surface area contributed by atoms with Crippen LogP contribution in [0.4, 0.5) is 5.69 Å². The molecule has 0 atom stereocenters. The molecule has 1 aromatic carbocycles. The van der Waals surface area contributed by atoms with E-state index in [-0.39, 0.29) is 11.3 Å². The lowest BCUT2D eigenvalue weighted by molar-refractivity contribution is 0.102. The van der Waals surface area contributed by atoms with E-state index in [1.165, 1.54) is 11.3 Å². The van der Waals surface area contributed by atoms with Crippen molar-refractivity contribution in [2.45, 2.75) is 33.1 Å². The molecule has 0 spiro atoms. The average molecular weight is 383 g/mol. The fraction of sp³-hybridized carbons (Fsp3) is 0.444. The third-order valence-electron chi connectivity index (χ3n) is 3.39. The van der Waals surface area contributed by atoms with E-state index in [2.05, 4.69) is 31.1 Å². The molecule has 0 fully saturated rings. The van der Waals surface area contributed by atoms with Crippen molar-refractivity contribution in [1.29, 1.82) is 0 Å². The largest absolute Gasteiger partial charge is 0.487 e. The van der Waals surface area contributed by atoms with E-state index in [0.717, 1.165) is 10.7 Å². The Balaban J connectivity index is 2.24. The van der Waals surface area contributed by atoms with Crippen LogP contribution in [0.25, 0.3) is 0 Å². The number of anilines is 1. The molecule has 0 unspecified atom stereocenters. The summed E-state index contributed by atoms with van der Waals surface area (Å²) in [7, 11) is 1.60. The van der Waals surface area contributed by atoms with Crippen LogP contribution in [-0.2, 0) is 10.2 Å². The van der Waals surface area contributed by atoms with E-state index >= 15 is 0 Å². The first-order valence-electron chi connectivity index (χ1n) is 7.93. The highest BCUT2D eigenvalue weighted by molar-refractivity contribution is 7.14. The zero-order valence-electron chi connectivity index (χ0n) is 15.1. The molecule has 136 valence electrons. The Morgan fingerprint density at radius 1 is 1.32 bits per heavy atom. The lowest BCUT2D eigenvalue weighted by Crippen LogP contribution is -2.14. The molecule has 2 aromatic rings. The first-order valence-corrected chi connectivity index (χ1v) is 9.13. The van der Waals surface area contributed by atoms with Crippen LogP contribution in [0.3, 0.4) is 0 Å². The van der Waals surface area contributed by atoms with Crippen molar-refractivity contribution in [3.63, 3.8) is 0 Å². The molecule has 0 aliphatic heterocycles. The quantitative estimate of drug-likeness (QED) is 0.737. The summed E-state index contributed by atoms with van der Waals surface area (Å²) in [5.41, 5.74) is 1.15. The van der Waals surface area contributed by atoms with E-state index in [1.54, 1.807) is 25.3 Å². The van der Waals surface area contributed by atoms with Crippen LogP contribution < -0.4 is 10.1 Å². The van der Waals surface area contributed by atoms with Gasteiger partial charge in [-0.15, -0.1) is 11.3 Å². The number of rotatable bonds is 6. The molecular formula is C18H23ClN2O3S. The summed E-state index contributed by atoms with van der Waals surface area (Å²) in [6.07, 6.45) is 0. The summed E-state index contributed by atoms with van der Waals surface area (Å²) < 4.78 is 10.6. The number of carbonyl (C=O) groups is 1. The Morgan fingerprint density at radius 3 is 2.64 bits per heavy atom. The lowest BCUT2D eigenvalue weighted by Gasteiger charge is -2.14. The summed E-state index contributed by atoms with van der Waals surface area (Å²) in [6.45, 7) is 8.84. The first kappa shape index (κ1) is 19.7. The van der Waals surface area contributed by atoms with Crippen molar-refractivity contribution < 1.29 is 14.3 Å². The van der Waals surface area contributed by atoms with E-state index in [4.69, 9.17) is 21.1 Å². The van der Waals surface area contributed by atoms with E-state index in [0.29, 0.717) is 34.6 Å². The number of thiazole rings is 1. The van der Waals surface area contributed by atoms with Crippen molar-refractivity contribution in [2.24, 2.45) is 0 Å². The SMILES string of the molecule is COCCOc1c(Cl)cccc1NC(=O)c1sc(C(C)(C)C)nc1C. The number of carbonyl (C=O) groups excluding carboxylic acids is 1. The van der Waals surface area contributed by atoms with Gasteiger partial charge in [0.25, 0.3) is 5.91 Å². The average Bonchev–Trinajstić information content (AvgIpc) is 2.92. The molecule has 1 amide bonds. The third-order valence-corrected chi connectivity index (χ3v) is 5.27. The molecule has 1 aromatic heterocycles. The summed E-state index contributed by atoms with van der Waals surface area (Å²) in [5.74, 6) is 0.220. The van der Waals surface area contributed by atoms with Gasteiger partial charge in [-0.05, 0) is 19.1 Å². The van der Waals surface area contributed by atoms with Crippen molar-refractivity contribution >= 4 is 34.5 Å². The molecule has 0 radical (unpaired) electrons. The minimum absolute atomic E-state index is 0.0988. The van der Waals surface area contributed by atoms with Gasteiger partial charge in [0.1, 0.15) is 11.5 Å². The maximum atomic E-state index is 12.7. The summed E-state index contributed by atoms with van der Waals surface area (Å²) >= 11 is 7.61. The van der Waals surface area contributed by atoms with Crippen LogP contribution in [-0.4, -0.2) is 31.2 Å². The number of para-hydroxylation sites is 1. The van der Waals surface area contributed by atoms with Crippen LogP contribution in [0.2, 0.25) is 5.02 Å². The number of nitrogens with zero attached hydrogens (tertiary/aromatic N) is 1. The van der Waals surface area contributed by atoms with Gasteiger partial charge in [0, 0.05) is 12.5 Å². The molecular weight excluding hydrogens is 360 g/mol. The minimum Gasteiger partial charge on any atom is -0.487 e. The smallest absolute Gasteiger partial charge is 0.267 e. The number of ether oxygens (including phenoxy) is 2. The summed E-state index contributed by atoms with van der Waals surface area (Å²) in [4.78, 5) is 17.8. The molecule has 7 heteroatoms. The van der Waals surface area contributed by atoms with Gasteiger partial charge in [0.2, 0.25) is 0 Å². The van der Waals surface area contributed by atoms with Gasteiger partial charge >= 0.3 is 0 Å². The van der Waals surface area contributed by atoms with Gasteiger partial charge in [-0.1, -0.05) is 38.4 Å². The highest BCUT2D eigenvalue weighted by Gasteiger charge is 2.23. The highest BCUT2D eigenvalue weighted by Crippen LogP contribution is 2.34. The molecule has 1 N–H and O–H groups in total. The number of benzene rings is 1. The Kier molecular flexibility index (Phi) is 6.43. The second-order valence-electron chi connectivity index (χ2n) is 6.60. The Hall–Kier alpha value is -1.63. The van der Waals surface area contributed by atoms with E-state index in [1.807, 2.05) is 6.92 Å². The van der Waals surface area contributed by atoms with Gasteiger partial charge in [0.05, 0.1) is 28.0 Å². The maximum absolute atomic E-state index is 12.7. The van der Waals surface area contributed by atoms with Gasteiger partial charge in [-0.3, -0.25) is 4.79 Å². The van der Waals surface area contributed by atoms with Crippen molar-refractivity contribution in [2.75, 3.05) is 25.6 Å². The molecule has 0 bridgehead atoms. The van der Waals surface area contributed by atoms with Crippen molar-refractivity contribution in [3.05, 3.63) is 38.8 Å². The second kappa shape index (κ2) is 8.17. The molecule has 0 aliphatic carbocycles. The standard InChI is InChI=1S/C18H23ClN2O3S/c1-11-15(25-17(20-11)18(2,3)4)16(22)21-13-8-6-7-12(19)14(13)24-10-9-23-5/h6-8H,9-10H2,1-5H3,(H,21,22). The highest BCUT2D eigenvalue weighted by atomic mass is 35.5. The van der Waals surface area contributed by atoms with Crippen LogP contribution >= 0.6 is 22.9 Å². The van der Waals surface area contributed by atoms with Crippen LogP contribution in [0.1, 0.15) is 41.1 Å². The minimum atomic E-state index is -0.218. The number of hydrogen-bond acceptors (Lipinski definition) is 5. The number of hydrogen-bond donors (Lipinski definition) is 1. The molecule has 0 saturated carbocycles. The normalized spacial score (nSPS) is 11.4. The van der Waals surface area contributed by atoms with Crippen LogP contribution in [0, 0.1) is 6.92 Å². The number of amides is 1. The van der Waals surface area contributed by atoms with E-state index in [9.17, 15) is 4.79 Å². The summed E-state index contributed by atoms with van der Waals surface area (Å²) in [6, 6.07) is 5.24. The number of aryl methyl sites for hydroxylation is 1. The molecule has 5 nitrogen and oxygen atoms in total. The second-order valence-corrected chi connectivity index (χ2v) is 8.00. The Labute approximate surface area is 157 Å². The van der Waals surface area contributed by atoms with Gasteiger partial charge in [0.15, 0.2) is 5.75 Å². The Bertz CT molecular complexity index is 753. The molecule has 0 aliphatic rings. The van der Waals surface area contributed by atoms with Crippen molar-refractivity contribution in [3.8, 4) is 5.75 Å². The fourth-order valence-electron chi connectivity index (χ4n) is 2.09. The lowest BCUT2D eigenvalue weighted by atomic mass is 9.98. The topological polar surface area (TPSA) is 60.5 Å². The number of halogens is 1. The predicted octanol–water partition coefficient (Wildman–Crippen LogP) is 4.68. The third kappa shape index (κ3) is 4.93. The Morgan fingerprint density at radius 2 is 2.04 bits per heavy atom. The predicted molar refractivity (Wildman–Crippen MR) is 102 cm³/mol. The fourth-order valence-corrected chi connectivity index (χ4v) is 3.34. The van der Waals surface area contributed by atoms with Gasteiger partial charge in [-0.2, -0.15) is 0 Å². The zero-order valence-corrected chi connectivity index (χ0v) is 16.7. The van der Waals surface area contributed by atoms with E-state index < -0.39 is 0 Å². The summed E-state index contributed by atoms with van der Waals surface area (Å²) in [5, 5.41) is 4.25. The van der Waals surface area contributed by atoms with Crippen LogP contribution in [0.15, 0.2) is 18.2 Å². The molecule has 0 saturated heterocycles. The van der Waals surface area contributed by atoms with Gasteiger partial charge < -0.3 is 14.8 Å². The van der Waals surface area contributed by atoms with Crippen molar-refractivity contribution in [1.82, 2.24) is 4.98 Å². The monoisotopic (exact) mass is 382 g/mol. The number of nitrogens with one attached hydrogen (secondary N) is 1. The number of aromatic nitrogens is 1. The first-order chi connectivity index (χ1) is 11.7. The van der Waals surface area contributed by atoms with Crippen LogP contribution in [0.5, 0.6) is 5.75 Å². The maximum Gasteiger partial charge on any atom is 0.267 e.